The van der Waals surface area contributed by atoms with Crippen molar-refractivity contribution < 1.29 is 4.21 Å². The van der Waals surface area contributed by atoms with Gasteiger partial charge in [-0.1, -0.05) is 0 Å². The molecule has 3 heteroatoms. The van der Waals surface area contributed by atoms with Crippen LogP contribution in [-0.2, 0) is 10.4 Å². The van der Waals surface area contributed by atoms with Gasteiger partial charge >= 0.3 is 0 Å². The monoisotopic (exact) mass is 136 g/mol. The Morgan fingerprint density at radius 2 is 2.29 bits per heavy atom. The molecule has 0 aromatic carbocycles. The summed E-state index contributed by atoms with van der Waals surface area (Å²) in [6.07, 6.45) is 3.72. The SMILES string of the molecule is O=S1CCCCP1. The minimum absolute atomic E-state index is 0.412. The zero-order chi connectivity index (χ0) is 5.11. The van der Waals surface area contributed by atoms with E-state index >= 15 is 0 Å². The van der Waals surface area contributed by atoms with Gasteiger partial charge in [-0.2, -0.15) is 0 Å². The summed E-state index contributed by atoms with van der Waals surface area (Å²) in [5.74, 6) is 0.971. The average Bonchev–Trinajstić information content (AvgIpc) is 1.69. The van der Waals surface area contributed by atoms with Gasteiger partial charge in [-0.3, -0.25) is 4.21 Å². The molecule has 1 saturated heterocycles. The molecule has 0 radical (unpaired) electrons. The van der Waals surface area contributed by atoms with Crippen LogP contribution in [0.2, 0.25) is 0 Å². The van der Waals surface area contributed by atoms with Gasteiger partial charge in [0.15, 0.2) is 0 Å². The van der Waals surface area contributed by atoms with E-state index in [-0.39, 0.29) is 0 Å². The molecule has 7 heavy (non-hydrogen) atoms. The van der Waals surface area contributed by atoms with E-state index in [0.29, 0.717) is 0 Å². The van der Waals surface area contributed by atoms with E-state index in [2.05, 4.69) is 0 Å². The van der Waals surface area contributed by atoms with Crippen molar-refractivity contribution in [3.63, 3.8) is 0 Å². The van der Waals surface area contributed by atoms with Crippen LogP contribution < -0.4 is 0 Å². The topological polar surface area (TPSA) is 17.1 Å². The van der Waals surface area contributed by atoms with Crippen LogP contribution in [0.4, 0.5) is 0 Å². The zero-order valence-corrected chi connectivity index (χ0v) is 5.96. The molecule has 0 aliphatic carbocycles. The highest BCUT2D eigenvalue weighted by Gasteiger charge is 2.04. The Bertz CT molecular complexity index is 75.8. The molecular formula is C4H9OPS. The highest BCUT2D eigenvalue weighted by atomic mass is 32.7. The summed E-state index contributed by atoms with van der Waals surface area (Å²) in [5, 5.41) is 0. The lowest BCUT2D eigenvalue weighted by Gasteiger charge is -2.06. The molecule has 0 amide bonds. The number of hydrogen-bond acceptors (Lipinski definition) is 1. The van der Waals surface area contributed by atoms with Gasteiger partial charge in [0.1, 0.15) is 0 Å². The first-order valence-corrected chi connectivity index (χ1v) is 5.76. The molecule has 42 valence electrons. The zero-order valence-electron chi connectivity index (χ0n) is 4.14. The van der Waals surface area contributed by atoms with Crippen molar-refractivity contribution in [3.05, 3.63) is 0 Å². The molecule has 1 heterocycles. The Morgan fingerprint density at radius 1 is 1.43 bits per heavy atom. The highest BCUT2D eigenvalue weighted by molar-refractivity contribution is 8.39. The molecular weight excluding hydrogens is 127 g/mol. The van der Waals surface area contributed by atoms with E-state index in [1.54, 1.807) is 0 Å². The molecule has 0 saturated carbocycles. The molecule has 0 N–H and O–H groups in total. The Morgan fingerprint density at radius 3 is 2.57 bits per heavy atom. The molecule has 1 aliphatic rings. The summed E-state index contributed by atoms with van der Waals surface area (Å²) in [6, 6.07) is 0. The van der Waals surface area contributed by atoms with E-state index in [4.69, 9.17) is 0 Å². The van der Waals surface area contributed by atoms with Gasteiger partial charge < -0.3 is 0 Å². The lowest BCUT2D eigenvalue weighted by atomic mass is 10.4. The van der Waals surface area contributed by atoms with E-state index in [1.165, 1.54) is 19.0 Å². The van der Waals surface area contributed by atoms with Gasteiger partial charge in [0.2, 0.25) is 0 Å². The predicted molar refractivity (Wildman–Crippen MR) is 35.4 cm³/mol. The van der Waals surface area contributed by atoms with Gasteiger partial charge in [0, 0.05) is 16.2 Å². The number of rotatable bonds is 0. The first-order valence-electron chi connectivity index (χ1n) is 2.51. The second-order valence-electron chi connectivity index (χ2n) is 1.65. The average molecular weight is 136 g/mol. The minimum Gasteiger partial charge on any atom is -0.255 e. The van der Waals surface area contributed by atoms with Crippen molar-refractivity contribution in [1.82, 2.24) is 0 Å². The fraction of sp³-hybridized carbons (Fsp3) is 1.00. The summed E-state index contributed by atoms with van der Waals surface area (Å²) in [4.78, 5) is 0. The van der Waals surface area contributed by atoms with Crippen molar-refractivity contribution in [2.75, 3.05) is 11.9 Å². The molecule has 0 aromatic heterocycles. The molecule has 1 fully saturated rings. The standard InChI is InChI=1S/C4H9OPS/c5-7-4-2-1-3-6-7/h6H,1-4H2. The van der Waals surface area contributed by atoms with Gasteiger partial charge in [0.25, 0.3) is 0 Å². The predicted octanol–water partition coefficient (Wildman–Crippen LogP) is 1.12. The maximum absolute atomic E-state index is 10.6. The van der Waals surface area contributed by atoms with E-state index in [9.17, 15) is 4.21 Å². The highest BCUT2D eigenvalue weighted by Crippen LogP contribution is 2.24. The van der Waals surface area contributed by atoms with Gasteiger partial charge in [-0.05, 0) is 26.8 Å². The maximum atomic E-state index is 10.6. The largest absolute Gasteiger partial charge is 0.255 e. The summed E-state index contributed by atoms with van der Waals surface area (Å²) in [6.45, 7) is 0. The lowest BCUT2D eigenvalue weighted by Crippen LogP contribution is -1.98. The Hall–Kier alpha value is 0.580. The van der Waals surface area contributed by atoms with Crippen LogP contribution in [0.5, 0.6) is 0 Å². The summed E-state index contributed by atoms with van der Waals surface area (Å²) in [5.41, 5.74) is 0. The van der Waals surface area contributed by atoms with Crippen LogP contribution in [0.1, 0.15) is 12.8 Å². The molecule has 2 atom stereocenters. The normalized spacial score (nSPS) is 36.3. The fourth-order valence-electron chi connectivity index (χ4n) is 0.616. The van der Waals surface area contributed by atoms with Crippen LogP contribution in [0.25, 0.3) is 0 Å². The molecule has 1 nitrogen and oxygen atoms in total. The van der Waals surface area contributed by atoms with Crippen molar-refractivity contribution in [2.45, 2.75) is 12.8 Å². The Kier molecular flexibility index (Phi) is 2.27. The Labute approximate surface area is 47.9 Å². The molecule has 0 spiro atoms. The quantitative estimate of drug-likeness (QED) is 0.456. The maximum Gasteiger partial charge on any atom is 0.0397 e. The first kappa shape index (κ1) is 5.71. The second kappa shape index (κ2) is 2.78. The van der Waals surface area contributed by atoms with Crippen LogP contribution in [0.3, 0.4) is 0 Å². The minimum atomic E-state index is -0.412. The lowest BCUT2D eigenvalue weighted by molar-refractivity contribution is 0.686. The van der Waals surface area contributed by atoms with Gasteiger partial charge in [0.05, 0.1) is 0 Å². The van der Waals surface area contributed by atoms with Crippen molar-refractivity contribution >= 4 is 18.2 Å². The van der Waals surface area contributed by atoms with Gasteiger partial charge in [-0.25, -0.2) is 0 Å². The third-order valence-electron chi connectivity index (χ3n) is 1.02. The van der Waals surface area contributed by atoms with Crippen molar-refractivity contribution in [2.24, 2.45) is 0 Å². The summed E-state index contributed by atoms with van der Waals surface area (Å²) in [7, 11) is 0.335. The van der Waals surface area contributed by atoms with Gasteiger partial charge in [-0.15, -0.1) is 0 Å². The van der Waals surface area contributed by atoms with Crippen LogP contribution in [0.15, 0.2) is 0 Å². The smallest absolute Gasteiger partial charge is 0.0397 e. The van der Waals surface area contributed by atoms with Crippen LogP contribution in [0, 0.1) is 0 Å². The van der Waals surface area contributed by atoms with E-state index in [1.807, 2.05) is 0 Å². The fourth-order valence-corrected chi connectivity index (χ4v) is 3.83. The molecule has 0 bridgehead atoms. The number of hydrogen-bond donors (Lipinski definition) is 0. The van der Waals surface area contributed by atoms with E-state index < -0.39 is 10.4 Å². The molecule has 0 aromatic rings. The first-order chi connectivity index (χ1) is 3.39. The van der Waals surface area contributed by atoms with Crippen LogP contribution >= 0.6 is 7.78 Å². The third-order valence-corrected chi connectivity index (χ3v) is 4.75. The summed E-state index contributed by atoms with van der Waals surface area (Å²) < 4.78 is 10.6. The van der Waals surface area contributed by atoms with Crippen LogP contribution in [-0.4, -0.2) is 16.1 Å². The molecule has 2 unspecified atom stereocenters. The van der Waals surface area contributed by atoms with Crippen molar-refractivity contribution in [3.8, 4) is 0 Å². The molecule has 1 aliphatic heterocycles. The summed E-state index contributed by atoms with van der Waals surface area (Å²) >= 11 is 0. The van der Waals surface area contributed by atoms with Crippen molar-refractivity contribution in [1.29, 1.82) is 0 Å². The second-order valence-corrected chi connectivity index (χ2v) is 5.77. The third kappa shape index (κ3) is 1.87. The molecule has 1 rings (SSSR count). The van der Waals surface area contributed by atoms with E-state index in [0.717, 1.165) is 13.5 Å². The Balaban J connectivity index is 2.25.